The lowest BCUT2D eigenvalue weighted by Crippen LogP contribution is -2.11. The van der Waals surface area contributed by atoms with Gasteiger partial charge in [-0.3, -0.25) is 0 Å². The van der Waals surface area contributed by atoms with Crippen molar-refractivity contribution in [3.8, 4) is 22.6 Å². The third kappa shape index (κ3) is 4.46. The van der Waals surface area contributed by atoms with Crippen LogP contribution in [0.2, 0.25) is 0 Å². The topological polar surface area (TPSA) is 70.5 Å². The summed E-state index contributed by atoms with van der Waals surface area (Å²) in [6.07, 6.45) is 0. The maximum atomic E-state index is 5.62. The van der Waals surface area contributed by atoms with Crippen LogP contribution in [0.25, 0.3) is 11.1 Å². The zero-order chi connectivity index (χ0) is 15.1. The highest BCUT2D eigenvalue weighted by Crippen LogP contribution is 2.32. The Balaban J connectivity index is 2.24. The molecule has 0 unspecified atom stereocenters. The van der Waals surface area contributed by atoms with Crippen molar-refractivity contribution in [2.45, 2.75) is 0 Å². The lowest BCUT2D eigenvalue weighted by Gasteiger charge is -2.11. The summed E-state index contributed by atoms with van der Waals surface area (Å²) < 4.78 is 12.1. The summed E-state index contributed by atoms with van der Waals surface area (Å²) in [5, 5.41) is 0. The van der Waals surface area contributed by atoms with Crippen LogP contribution in [-0.4, -0.2) is 26.3 Å². The highest BCUT2D eigenvalue weighted by atomic mass is 79.9. The summed E-state index contributed by atoms with van der Waals surface area (Å²) in [5.74, 6) is 1.59. The summed E-state index contributed by atoms with van der Waals surface area (Å²) in [6.45, 7) is 1.98. The highest BCUT2D eigenvalue weighted by molar-refractivity contribution is 9.10. The molecule has 4 N–H and O–H groups in total. The molecule has 0 saturated heterocycles. The molecule has 0 aliphatic carbocycles. The molecule has 0 aliphatic rings. The van der Waals surface area contributed by atoms with E-state index in [4.69, 9.17) is 20.9 Å². The molecule has 5 heteroatoms. The summed E-state index contributed by atoms with van der Waals surface area (Å²) in [5.41, 5.74) is 13.0. The van der Waals surface area contributed by atoms with Crippen molar-refractivity contribution in [2.24, 2.45) is 11.5 Å². The van der Waals surface area contributed by atoms with E-state index in [0.717, 1.165) is 27.1 Å². The van der Waals surface area contributed by atoms with Gasteiger partial charge in [-0.25, -0.2) is 0 Å². The quantitative estimate of drug-likeness (QED) is 0.805. The van der Waals surface area contributed by atoms with Gasteiger partial charge in [-0.15, -0.1) is 0 Å². The maximum absolute atomic E-state index is 5.62. The standard InChI is InChI=1S/C16H19BrN2O2/c17-15-5-4-13(11-16(15)21-9-7-19)12-2-1-3-14(10-12)20-8-6-18/h1-5,10-11H,6-9,18-19H2. The summed E-state index contributed by atoms with van der Waals surface area (Å²) >= 11 is 3.48. The molecule has 112 valence electrons. The molecule has 0 amide bonds. The Morgan fingerprint density at radius 1 is 0.857 bits per heavy atom. The zero-order valence-electron chi connectivity index (χ0n) is 11.7. The number of ether oxygens (including phenoxy) is 2. The van der Waals surface area contributed by atoms with E-state index in [2.05, 4.69) is 15.9 Å². The van der Waals surface area contributed by atoms with E-state index in [1.54, 1.807) is 0 Å². The Bertz CT molecular complexity index is 590. The van der Waals surface area contributed by atoms with Gasteiger partial charge in [0.15, 0.2) is 0 Å². The van der Waals surface area contributed by atoms with Crippen molar-refractivity contribution >= 4 is 15.9 Å². The summed E-state index contributed by atoms with van der Waals surface area (Å²) in [4.78, 5) is 0. The Hall–Kier alpha value is -1.56. The fourth-order valence-electron chi connectivity index (χ4n) is 1.90. The molecule has 0 heterocycles. The zero-order valence-corrected chi connectivity index (χ0v) is 13.3. The van der Waals surface area contributed by atoms with Crippen molar-refractivity contribution in [1.29, 1.82) is 0 Å². The van der Waals surface area contributed by atoms with Gasteiger partial charge in [0.2, 0.25) is 0 Å². The van der Waals surface area contributed by atoms with Crippen LogP contribution in [0.4, 0.5) is 0 Å². The number of rotatable bonds is 7. The van der Waals surface area contributed by atoms with Crippen molar-refractivity contribution in [3.05, 3.63) is 46.9 Å². The van der Waals surface area contributed by atoms with Crippen LogP contribution in [-0.2, 0) is 0 Å². The molecule has 0 fully saturated rings. The second kappa shape index (κ2) is 8.02. The molecule has 2 rings (SSSR count). The monoisotopic (exact) mass is 350 g/mol. The van der Waals surface area contributed by atoms with E-state index >= 15 is 0 Å². The van der Waals surface area contributed by atoms with Gasteiger partial charge in [0.25, 0.3) is 0 Å². The van der Waals surface area contributed by atoms with E-state index in [0.29, 0.717) is 26.3 Å². The average molecular weight is 351 g/mol. The van der Waals surface area contributed by atoms with Crippen LogP contribution in [0, 0.1) is 0 Å². The second-order valence-electron chi connectivity index (χ2n) is 4.45. The lowest BCUT2D eigenvalue weighted by molar-refractivity contribution is 0.326. The minimum Gasteiger partial charge on any atom is -0.492 e. The fourth-order valence-corrected chi connectivity index (χ4v) is 2.27. The van der Waals surface area contributed by atoms with Gasteiger partial charge in [0, 0.05) is 13.1 Å². The number of benzene rings is 2. The van der Waals surface area contributed by atoms with Gasteiger partial charge >= 0.3 is 0 Å². The second-order valence-corrected chi connectivity index (χ2v) is 5.30. The van der Waals surface area contributed by atoms with Crippen LogP contribution in [0.5, 0.6) is 11.5 Å². The van der Waals surface area contributed by atoms with Crippen molar-refractivity contribution in [2.75, 3.05) is 26.3 Å². The molecule has 2 aromatic rings. The van der Waals surface area contributed by atoms with Gasteiger partial charge in [-0.2, -0.15) is 0 Å². The normalized spacial score (nSPS) is 10.4. The first-order valence-corrected chi connectivity index (χ1v) is 7.59. The third-order valence-electron chi connectivity index (χ3n) is 2.86. The molecule has 0 saturated carbocycles. The van der Waals surface area contributed by atoms with Gasteiger partial charge in [0.1, 0.15) is 24.7 Å². The highest BCUT2D eigenvalue weighted by Gasteiger charge is 2.06. The van der Waals surface area contributed by atoms with Gasteiger partial charge < -0.3 is 20.9 Å². The fraction of sp³-hybridized carbons (Fsp3) is 0.250. The van der Waals surface area contributed by atoms with Crippen LogP contribution in [0.1, 0.15) is 0 Å². The number of hydrogen-bond donors (Lipinski definition) is 2. The molecule has 0 atom stereocenters. The summed E-state index contributed by atoms with van der Waals surface area (Å²) in [6, 6.07) is 13.9. The Labute approximate surface area is 133 Å². The lowest BCUT2D eigenvalue weighted by atomic mass is 10.1. The van der Waals surface area contributed by atoms with E-state index in [1.807, 2.05) is 42.5 Å². The number of nitrogens with two attached hydrogens (primary N) is 2. The number of hydrogen-bond acceptors (Lipinski definition) is 4. The molecule has 0 bridgehead atoms. The van der Waals surface area contributed by atoms with E-state index in [1.165, 1.54) is 0 Å². The Morgan fingerprint density at radius 2 is 1.57 bits per heavy atom. The maximum Gasteiger partial charge on any atom is 0.134 e. The predicted molar refractivity (Wildman–Crippen MR) is 88.7 cm³/mol. The van der Waals surface area contributed by atoms with Crippen LogP contribution in [0.15, 0.2) is 46.9 Å². The predicted octanol–water partition coefficient (Wildman–Crippen LogP) is 2.79. The molecule has 2 aromatic carbocycles. The third-order valence-corrected chi connectivity index (χ3v) is 3.52. The van der Waals surface area contributed by atoms with E-state index in [-0.39, 0.29) is 0 Å². The SMILES string of the molecule is NCCOc1cccc(-c2ccc(Br)c(OCCN)c2)c1. The van der Waals surface area contributed by atoms with Crippen molar-refractivity contribution in [3.63, 3.8) is 0 Å². The van der Waals surface area contributed by atoms with Gasteiger partial charge in [-0.05, 0) is 51.3 Å². The molecular weight excluding hydrogens is 332 g/mol. The molecular formula is C16H19BrN2O2. The largest absolute Gasteiger partial charge is 0.492 e. The molecule has 0 radical (unpaired) electrons. The van der Waals surface area contributed by atoms with Crippen LogP contribution >= 0.6 is 15.9 Å². The van der Waals surface area contributed by atoms with Gasteiger partial charge in [-0.1, -0.05) is 18.2 Å². The van der Waals surface area contributed by atoms with Gasteiger partial charge in [0.05, 0.1) is 4.47 Å². The Kier molecular flexibility index (Phi) is 6.04. The molecule has 0 aromatic heterocycles. The minimum atomic E-state index is 0.485. The summed E-state index contributed by atoms with van der Waals surface area (Å²) in [7, 11) is 0. The van der Waals surface area contributed by atoms with Crippen molar-refractivity contribution in [1.82, 2.24) is 0 Å². The number of halogens is 1. The first-order valence-electron chi connectivity index (χ1n) is 6.80. The van der Waals surface area contributed by atoms with Crippen LogP contribution in [0.3, 0.4) is 0 Å². The van der Waals surface area contributed by atoms with Crippen molar-refractivity contribution < 1.29 is 9.47 Å². The molecule has 21 heavy (non-hydrogen) atoms. The molecule has 0 spiro atoms. The first kappa shape index (κ1) is 15.8. The average Bonchev–Trinajstić information content (AvgIpc) is 2.52. The first-order chi connectivity index (χ1) is 10.2. The molecule has 4 nitrogen and oxygen atoms in total. The van der Waals surface area contributed by atoms with Crippen LogP contribution < -0.4 is 20.9 Å². The van der Waals surface area contributed by atoms with E-state index < -0.39 is 0 Å². The minimum absolute atomic E-state index is 0.485. The Morgan fingerprint density at radius 3 is 2.33 bits per heavy atom. The van der Waals surface area contributed by atoms with E-state index in [9.17, 15) is 0 Å². The smallest absolute Gasteiger partial charge is 0.134 e. The molecule has 0 aliphatic heterocycles.